The molecule has 6 nitrogen and oxygen atoms in total. The summed E-state index contributed by atoms with van der Waals surface area (Å²) < 4.78 is 13.7. The molecular weight excluding hydrogens is 441 g/mol. The normalized spacial score (nSPS) is 15.0. The molecule has 0 radical (unpaired) electrons. The molecule has 0 bridgehead atoms. The summed E-state index contributed by atoms with van der Waals surface area (Å²) >= 11 is 6.26. The zero-order valence-corrected chi connectivity index (χ0v) is 18.8. The first-order valence-corrected chi connectivity index (χ1v) is 11.2. The van der Waals surface area contributed by atoms with Crippen LogP contribution in [0.25, 0.3) is 0 Å². The van der Waals surface area contributed by atoms with Gasteiger partial charge in [0.2, 0.25) is 0 Å². The second-order valence-corrected chi connectivity index (χ2v) is 8.37. The van der Waals surface area contributed by atoms with Crippen LogP contribution < -0.4 is 10.7 Å². The van der Waals surface area contributed by atoms with Crippen LogP contribution in [0, 0.1) is 11.7 Å². The SMILES string of the molecule is O=C(N/N=C/C1CCN(Cc2ccccc2Cl)CC1)c1ccc(Nc2ccccc2F)cn1. The molecule has 1 saturated heterocycles. The summed E-state index contributed by atoms with van der Waals surface area (Å²) in [5.74, 6) is -0.434. The van der Waals surface area contributed by atoms with Crippen molar-refractivity contribution in [1.82, 2.24) is 15.3 Å². The lowest BCUT2D eigenvalue weighted by Gasteiger charge is -2.30. The van der Waals surface area contributed by atoms with E-state index >= 15 is 0 Å². The summed E-state index contributed by atoms with van der Waals surface area (Å²) in [5, 5.41) is 7.86. The number of rotatable bonds is 7. The van der Waals surface area contributed by atoms with Crippen LogP contribution in [0.1, 0.15) is 28.9 Å². The zero-order valence-electron chi connectivity index (χ0n) is 18.0. The Morgan fingerprint density at radius 3 is 2.61 bits per heavy atom. The Bertz CT molecular complexity index is 1110. The number of hydrogen-bond acceptors (Lipinski definition) is 5. The maximum atomic E-state index is 13.7. The van der Waals surface area contributed by atoms with Gasteiger partial charge in [-0.25, -0.2) is 14.8 Å². The number of pyridine rings is 1. The van der Waals surface area contributed by atoms with Gasteiger partial charge in [-0.3, -0.25) is 9.69 Å². The third-order valence-corrected chi connectivity index (χ3v) is 5.95. The first kappa shape index (κ1) is 22.9. The monoisotopic (exact) mass is 465 g/mol. The van der Waals surface area contributed by atoms with Crippen molar-refractivity contribution in [3.05, 3.63) is 89.0 Å². The average Bonchev–Trinajstić information content (AvgIpc) is 2.83. The van der Waals surface area contributed by atoms with Gasteiger partial charge in [-0.1, -0.05) is 41.9 Å². The van der Waals surface area contributed by atoms with Crippen molar-refractivity contribution in [2.75, 3.05) is 18.4 Å². The fraction of sp³-hybridized carbons (Fsp3) is 0.240. The number of nitrogens with one attached hydrogen (secondary N) is 2. The summed E-state index contributed by atoms with van der Waals surface area (Å²) in [6.45, 7) is 2.75. The number of benzene rings is 2. The number of carbonyl (C=O) groups is 1. The first-order chi connectivity index (χ1) is 16.1. The van der Waals surface area contributed by atoms with Gasteiger partial charge in [0, 0.05) is 17.8 Å². The Balaban J connectivity index is 1.22. The standard InChI is InChI=1S/C25H25ClFN5O/c26-21-6-2-1-5-19(21)17-32-13-11-18(12-14-32)15-29-31-25(33)24-10-9-20(16-28-24)30-23-8-4-3-7-22(23)27/h1-10,15-16,18,30H,11-14,17H2,(H,31,33)/b29-15+. The molecule has 2 N–H and O–H groups in total. The summed E-state index contributed by atoms with van der Waals surface area (Å²) in [6.07, 6.45) is 5.23. The lowest BCUT2D eigenvalue weighted by molar-refractivity contribution is 0.0950. The Morgan fingerprint density at radius 1 is 1.12 bits per heavy atom. The molecule has 1 aliphatic rings. The predicted molar refractivity (Wildman–Crippen MR) is 129 cm³/mol. The maximum Gasteiger partial charge on any atom is 0.289 e. The number of hydrazone groups is 1. The van der Waals surface area contributed by atoms with Crippen LogP contribution in [0.2, 0.25) is 5.02 Å². The van der Waals surface area contributed by atoms with E-state index in [0.29, 0.717) is 17.3 Å². The van der Waals surface area contributed by atoms with Crippen molar-refractivity contribution in [3.8, 4) is 0 Å². The summed E-state index contributed by atoms with van der Waals surface area (Å²) in [6, 6.07) is 17.5. The van der Waals surface area contributed by atoms with E-state index in [4.69, 9.17) is 11.6 Å². The van der Waals surface area contributed by atoms with Gasteiger partial charge in [0.1, 0.15) is 11.5 Å². The fourth-order valence-electron chi connectivity index (χ4n) is 3.71. The van der Waals surface area contributed by atoms with E-state index in [1.807, 2.05) is 18.2 Å². The van der Waals surface area contributed by atoms with Crippen LogP contribution in [0.4, 0.5) is 15.8 Å². The molecule has 1 amide bonds. The van der Waals surface area contributed by atoms with Gasteiger partial charge in [0.05, 0.1) is 17.6 Å². The van der Waals surface area contributed by atoms with E-state index in [1.54, 1.807) is 36.5 Å². The van der Waals surface area contributed by atoms with Crippen molar-refractivity contribution in [1.29, 1.82) is 0 Å². The molecule has 2 aromatic carbocycles. The van der Waals surface area contributed by atoms with Crippen LogP contribution in [0.5, 0.6) is 0 Å². The summed E-state index contributed by atoms with van der Waals surface area (Å²) in [4.78, 5) is 18.8. The number of para-hydroxylation sites is 1. The van der Waals surface area contributed by atoms with Gasteiger partial charge in [-0.15, -0.1) is 0 Å². The quantitative estimate of drug-likeness (QED) is 0.369. The van der Waals surface area contributed by atoms with Crippen molar-refractivity contribution in [2.24, 2.45) is 11.0 Å². The second kappa shape index (κ2) is 11.0. The van der Waals surface area contributed by atoms with E-state index in [0.717, 1.165) is 43.1 Å². The topological polar surface area (TPSA) is 69.6 Å². The third kappa shape index (κ3) is 6.37. The first-order valence-electron chi connectivity index (χ1n) is 10.9. The minimum atomic E-state index is -0.389. The molecule has 8 heteroatoms. The molecule has 0 unspecified atom stereocenters. The van der Waals surface area contributed by atoms with Crippen LogP contribution in [-0.4, -0.2) is 35.1 Å². The third-order valence-electron chi connectivity index (χ3n) is 5.58. The largest absolute Gasteiger partial charge is 0.352 e. The van der Waals surface area contributed by atoms with Gasteiger partial charge in [-0.2, -0.15) is 5.10 Å². The molecule has 170 valence electrons. The van der Waals surface area contributed by atoms with Gasteiger partial charge in [-0.05, 0) is 67.7 Å². The summed E-state index contributed by atoms with van der Waals surface area (Å²) in [7, 11) is 0. The van der Waals surface area contributed by atoms with Crippen molar-refractivity contribution < 1.29 is 9.18 Å². The Kier molecular flexibility index (Phi) is 7.65. The number of piperidine rings is 1. The predicted octanol–water partition coefficient (Wildman–Crippen LogP) is 5.25. The molecule has 1 aromatic heterocycles. The molecule has 1 aliphatic heterocycles. The van der Waals surface area contributed by atoms with Gasteiger partial charge in [0.15, 0.2) is 0 Å². The highest BCUT2D eigenvalue weighted by molar-refractivity contribution is 6.31. The molecule has 4 rings (SSSR count). The van der Waals surface area contributed by atoms with E-state index in [-0.39, 0.29) is 17.4 Å². The Morgan fingerprint density at radius 2 is 1.88 bits per heavy atom. The summed E-state index contributed by atoms with van der Waals surface area (Å²) in [5.41, 5.74) is 4.85. The van der Waals surface area contributed by atoms with Crippen LogP contribution in [-0.2, 0) is 6.54 Å². The zero-order chi connectivity index (χ0) is 23.0. The highest BCUT2D eigenvalue weighted by Gasteiger charge is 2.18. The van der Waals surface area contributed by atoms with E-state index in [2.05, 4.69) is 31.8 Å². The molecular formula is C25H25ClFN5O. The number of nitrogens with zero attached hydrogens (tertiary/aromatic N) is 3. The van der Waals surface area contributed by atoms with E-state index in [9.17, 15) is 9.18 Å². The van der Waals surface area contributed by atoms with Gasteiger partial charge >= 0.3 is 0 Å². The number of aromatic nitrogens is 1. The molecule has 0 atom stereocenters. The smallest absolute Gasteiger partial charge is 0.289 e. The molecule has 33 heavy (non-hydrogen) atoms. The highest BCUT2D eigenvalue weighted by atomic mass is 35.5. The molecule has 0 spiro atoms. The van der Waals surface area contributed by atoms with Crippen LogP contribution in [0.15, 0.2) is 72.0 Å². The van der Waals surface area contributed by atoms with E-state index in [1.165, 1.54) is 12.3 Å². The number of halogens is 2. The van der Waals surface area contributed by atoms with Gasteiger partial charge < -0.3 is 5.32 Å². The Hall–Kier alpha value is -3.29. The molecule has 3 aromatic rings. The number of amides is 1. The lowest BCUT2D eigenvalue weighted by atomic mass is 9.98. The van der Waals surface area contributed by atoms with E-state index < -0.39 is 0 Å². The molecule has 0 aliphatic carbocycles. The molecule has 1 fully saturated rings. The highest BCUT2D eigenvalue weighted by Crippen LogP contribution is 2.22. The molecule has 0 saturated carbocycles. The number of anilines is 2. The maximum absolute atomic E-state index is 13.7. The second-order valence-electron chi connectivity index (χ2n) is 7.96. The fourth-order valence-corrected chi connectivity index (χ4v) is 3.90. The lowest BCUT2D eigenvalue weighted by Crippen LogP contribution is -2.34. The van der Waals surface area contributed by atoms with Crippen molar-refractivity contribution in [3.63, 3.8) is 0 Å². The molecule has 2 heterocycles. The average molecular weight is 466 g/mol. The Labute approximate surface area is 197 Å². The number of hydrogen-bond donors (Lipinski definition) is 2. The number of likely N-dealkylation sites (tertiary alicyclic amines) is 1. The minimum absolute atomic E-state index is 0.237. The number of carbonyl (C=O) groups excluding carboxylic acids is 1. The minimum Gasteiger partial charge on any atom is -0.352 e. The van der Waals surface area contributed by atoms with Crippen LogP contribution in [0.3, 0.4) is 0 Å². The van der Waals surface area contributed by atoms with Gasteiger partial charge in [0.25, 0.3) is 5.91 Å². The van der Waals surface area contributed by atoms with Crippen molar-refractivity contribution >= 4 is 35.1 Å². The van der Waals surface area contributed by atoms with Crippen molar-refractivity contribution in [2.45, 2.75) is 19.4 Å². The van der Waals surface area contributed by atoms with Crippen LogP contribution >= 0.6 is 11.6 Å².